The molecule has 38 heavy (non-hydrogen) atoms. The maximum atomic E-state index is 13.4. The average molecular weight is 553 g/mol. The fraction of sp³-hybridized carbons (Fsp3) is 0.115. The minimum absolute atomic E-state index is 0.274. The van der Waals surface area contributed by atoms with E-state index in [2.05, 4.69) is 25.5 Å². The molecule has 0 radical (unpaired) electrons. The molecule has 192 valence electrons. The third-order valence-corrected chi connectivity index (χ3v) is 7.39. The van der Waals surface area contributed by atoms with E-state index in [1.54, 1.807) is 40.5 Å². The molecule has 0 atom stereocenters. The van der Waals surface area contributed by atoms with Crippen LogP contribution in [0.4, 0.5) is 18.9 Å². The summed E-state index contributed by atoms with van der Waals surface area (Å²) < 4.78 is 41.9. The van der Waals surface area contributed by atoms with E-state index in [1.807, 2.05) is 31.2 Å². The Balaban J connectivity index is 1.39. The normalized spacial score (nSPS) is 11.5. The van der Waals surface area contributed by atoms with Gasteiger partial charge in [0.05, 0.1) is 17.0 Å². The van der Waals surface area contributed by atoms with Crippen molar-refractivity contribution < 1.29 is 18.0 Å². The smallest absolute Gasteiger partial charge is 0.321 e. The molecule has 0 aliphatic carbocycles. The molecule has 3 heterocycles. The summed E-state index contributed by atoms with van der Waals surface area (Å²) in [5, 5.41) is 14.0. The summed E-state index contributed by atoms with van der Waals surface area (Å²) in [6, 6.07) is 15.9. The Morgan fingerprint density at radius 3 is 2.55 bits per heavy atom. The van der Waals surface area contributed by atoms with Gasteiger partial charge in [0.15, 0.2) is 11.0 Å². The molecule has 7 nitrogen and oxygen atoms in total. The van der Waals surface area contributed by atoms with Crippen LogP contribution >= 0.6 is 23.1 Å². The van der Waals surface area contributed by atoms with Crippen molar-refractivity contribution in [2.45, 2.75) is 24.0 Å². The monoisotopic (exact) mass is 552 g/mol. The predicted molar refractivity (Wildman–Crippen MR) is 140 cm³/mol. The first-order chi connectivity index (χ1) is 18.3. The summed E-state index contributed by atoms with van der Waals surface area (Å²) in [5.74, 6) is 0.399. The minimum atomic E-state index is -4.50. The molecule has 2 aromatic carbocycles. The number of hydrogen-bond donors (Lipinski definition) is 1. The minimum Gasteiger partial charge on any atom is -0.321 e. The summed E-state index contributed by atoms with van der Waals surface area (Å²) in [6.07, 6.45) is -1.34. The van der Waals surface area contributed by atoms with Crippen molar-refractivity contribution in [2.24, 2.45) is 0 Å². The highest BCUT2D eigenvalue weighted by atomic mass is 32.2. The van der Waals surface area contributed by atoms with Gasteiger partial charge in [-0.2, -0.15) is 13.2 Å². The molecule has 5 rings (SSSR count). The molecule has 3 aromatic heterocycles. The number of rotatable bonds is 7. The number of aromatic nitrogens is 5. The number of thioether (sulfide) groups is 1. The molecular formula is C26H19F3N6OS2. The van der Waals surface area contributed by atoms with E-state index in [-0.39, 0.29) is 17.3 Å². The molecule has 0 spiro atoms. The van der Waals surface area contributed by atoms with Gasteiger partial charge in [-0.25, -0.2) is 4.98 Å². The van der Waals surface area contributed by atoms with E-state index < -0.39 is 11.7 Å². The lowest BCUT2D eigenvalue weighted by Gasteiger charge is -2.13. The van der Waals surface area contributed by atoms with Gasteiger partial charge in [-0.15, -0.1) is 21.5 Å². The Bertz CT molecular complexity index is 1570. The number of pyridine rings is 1. The molecule has 1 N–H and O–H groups in total. The standard InChI is InChI=1S/C26H19F3N6OS2/c1-16-5-7-19(8-6-16)31-24(36)21-14-37-22(32-21)15-38-25-34-33-23(17-9-11-30-12-10-17)35(25)20-4-2-3-18(13-20)26(27,28)29/h2-14H,15H2,1H3,(H,31,36). The van der Waals surface area contributed by atoms with Crippen LogP contribution in [0, 0.1) is 6.92 Å². The molecule has 0 saturated carbocycles. The number of halogens is 3. The quantitative estimate of drug-likeness (QED) is 0.227. The first-order valence-electron chi connectivity index (χ1n) is 11.3. The van der Waals surface area contributed by atoms with Gasteiger partial charge < -0.3 is 5.32 Å². The highest BCUT2D eigenvalue weighted by molar-refractivity contribution is 7.98. The molecule has 0 unspecified atom stereocenters. The number of aryl methyl sites for hydroxylation is 1. The number of carbonyl (C=O) groups excluding carboxylic acids is 1. The number of carbonyl (C=O) groups is 1. The van der Waals surface area contributed by atoms with Crippen molar-refractivity contribution in [2.75, 3.05) is 5.32 Å². The van der Waals surface area contributed by atoms with Crippen LogP contribution < -0.4 is 5.32 Å². The number of nitrogens with one attached hydrogen (secondary N) is 1. The third-order valence-electron chi connectivity index (χ3n) is 5.42. The fourth-order valence-electron chi connectivity index (χ4n) is 3.55. The maximum absolute atomic E-state index is 13.4. The zero-order chi connectivity index (χ0) is 26.7. The zero-order valence-electron chi connectivity index (χ0n) is 19.8. The molecule has 0 bridgehead atoms. The van der Waals surface area contributed by atoms with E-state index in [1.165, 1.54) is 29.2 Å². The topological polar surface area (TPSA) is 85.6 Å². The Labute approximate surface area is 223 Å². The van der Waals surface area contributed by atoms with Crippen molar-refractivity contribution in [1.29, 1.82) is 0 Å². The number of amides is 1. The highest BCUT2D eigenvalue weighted by Crippen LogP contribution is 2.34. The van der Waals surface area contributed by atoms with Crippen LogP contribution in [0.2, 0.25) is 0 Å². The van der Waals surface area contributed by atoms with Crippen molar-refractivity contribution in [3.63, 3.8) is 0 Å². The van der Waals surface area contributed by atoms with Crippen LogP contribution in [0.25, 0.3) is 17.1 Å². The van der Waals surface area contributed by atoms with Crippen molar-refractivity contribution in [3.05, 3.63) is 100 Å². The van der Waals surface area contributed by atoms with Crippen LogP contribution in [0.15, 0.2) is 83.6 Å². The zero-order valence-corrected chi connectivity index (χ0v) is 21.4. The third kappa shape index (κ3) is 5.76. The summed E-state index contributed by atoms with van der Waals surface area (Å²) >= 11 is 2.58. The first-order valence-corrected chi connectivity index (χ1v) is 13.1. The van der Waals surface area contributed by atoms with Crippen LogP contribution in [0.3, 0.4) is 0 Å². The number of benzene rings is 2. The van der Waals surface area contributed by atoms with Gasteiger partial charge in [0.1, 0.15) is 10.7 Å². The maximum Gasteiger partial charge on any atom is 0.416 e. The van der Waals surface area contributed by atoms with Gasteiger partial charge in [-0.3, -0.25) is 14.3 Å². The van der Waals surface area contributed by atoms with E-state index >= 15 is 0 Å². The summed E-state index contributed by atoms with van der Waals surface area (Å²) in [6.45, 7) is 1.96. The summed E-state index contributed by atoms with van der Waals surface area (Å²) in [7, 11) is 0. The number of thiazole rings is 1. The van der Waals surface area contributed by atoms with Crippen LogP contribution in [-0.2, 0) is 11.9 Å². The second-order valence-electron chi connectivity index (χ2n) is 8.16. The van der Waals surface area contributed by atoms with Crippen LogP contribution in [0.5, 0.6) is 0 Å². The number of alkyl halides is 3. The SMILES string of the molecule is Cc1ccc(NC(=O)c2csc(CSc3nnc(-c4ccncc4)n3-c3cccc(C(F)(F)F)c3)n2)cc1. The van der Waals surface area contributed by atoms with Gasteiger partial charge in [0.2, 0.25) is 0 Å². The Morgan fingerprint density at radius 2 is 1.82 bits per heavy atom. The van der Waals surface area contributed by atoms with Crippen molar-refractivity contribution in [1.82, 2.24) is 24.7 Å². The summed E-state index contributed by atoms with van der Waals surface area (Å²) in [4.78, 5) is 21.0. The second kappa shape index (κ2) is 10.8. The van der Waals surface area contributed by atoms with Gasteiger partial charge >= 0.3 is 6.18 Å². The average Bonchev–Trinajstić information content (AvgIpc) is 3.56. The van der Waals surface area contributed by atoms with Gasteiger partial charge in [-0.05, 0) is 49.4 Å². The Kier molecular flexibility index (Phi) is 7.25. The molecule has 12 heteroatoms. The molecule has 0 aliphatic rings. The molecule has 5 aromatic rings. The molecule has 0 fully saturated rings. The van der Waals surface area contributed by atoms with Crippen molar-refractivity contribution >= 4 is 34.7 Å². The largest absolute Gasteiger partial charge is 0.416 e. The lowest BCUT2D eigenvalue weighted by Crippen LogP contribution is -2.12. The van der Waals surface area contributed by atoms with E-state index in [4.69, 9.17) is 0 Å². The van der Waals surface area contributed by atoms with E-state index in [0.717, 1.165) is 17.7 Å². The number of anilines is 1. The molecule has 0 saturated heterocycles. The molecule has 1 amide bonds. The Morgan fingerprint density at radius 1 is 1.05 bits per heavy atom. The predicted octanol–water partition coefficient (Wildman–Crippen LogP) is 6.66. The van der Waals surface area contributed by atoms with Crippen LogP contribution in [0.1, 0.15) is 26.6 Å². The number of nitrogens with zero attached hydrogens (tertiary/aromatic N) is 5. The lowest BCUT2D eigenvalue weighted by molar-refractivity contribution is -0.137. The molecule has 0 aliphatic heterocycles. The first kappa shape index (κ1) is 25.6. The van der Waals surface area contributed by atoms with Gasteiger partial charge in [-0.1, -0.05) is 35.5 Å². The van der Waals surface area contributed by atoms with Crippen molar-refractivity contribution in [3.8, 4) is 17.1 Å². The van der Waals surface area contributed by atoms with Gasteiger partial charge in [0.25, 0.3) is 5.91 Å². The van der Waals surface area contributed by atoms with E-state index in [0.29, 0.717) is 33.0 Å². The highest BCUT2D eigenvalue weighted by Gasteiger charge is 2.31. The summed E-state index contributed by atoms with van der Waals surface area (Å²) in [5.41, 5.74) is 2.19. The molecular weight excluding hydrogens is 533 g/mol. The lowest BCUT2D eigenvalue weighted by atomic mass is 10.2. The Hall–Kier alpha value is -4.03. The second-order valence-corrected chi connectivity index (χ2v) is 10.0. The van der Waals surface area contributed by atoms with E-state index in [9.17, 15) is 18.0 Å². The van der Waals surface area contributed by atoms with Crippen LogP contribution in [-0.4, -0.2) is 30.6 Å². The number of hydrogen-bond acceptors (Lipinski definition) is 7. The fourth-order valence-corrected chi connectivity index (χ4v) is 5.29. The van der Waals surface area contributed by atoms with Gasteiger partial charge in [0, 0.05) is 29.0 Å².